The van der Waals surface area contributed by atoms with Gasteiger partial charge in [0.05, 0.1) is 21.9 Å². The van der Waals surface area contributed by atoms with Crippen molar-refractivity contribution in [2.45, 2.75) is 17.5 Å². The van der Waals surface area contributed by atoms with Crippen LogP contribution in [0.2, 0.25) is 5.02 Å². The predicted molar refractivity (Wildman–Crippen MR) is 138 cm³/mol. The fourth-order valence-corrected chi connectivity index (χ4v) is 4.85. The summed E-state index contributed by atoms with van der Waals surface area (Å²) in [5.74, 6) is -0.290. The van der Waals surface area contributed by atoms with Crippen LogP contribution in [0.4, 0.5) is 24.5 Å². The van der Waals surface area contributed by atoms with Crippen LogP contribution in [0.25, 0.3) is 11.1 Å². The molecule has 0 fully saturated rings. The number of amides is 1. The number of alkyl halides is 3. The molecule has 0 radical (unpaired) electrons. The van der Waals surface area contributed by atoms with Gasteiger partial charge >= 0.3 is 6.18 Å². The van der Waals surface area contributed by atoms with Gasteiger partial charge in [-0.2, -0.15) is 13.2 Å². The maximum absolute atomic E-state index is 13.1. The lowest BCUT2D eigenvalue weighted by Gasteiger charge is -2.13. The molecule has 1 amide bonds. The molecule has 0 heterocycles. The zero-order chi connectivity index (χ0) is 26.6. The van der Waals surface area contributed by atoms with Crippen molar-refractivity contribution < 1.29 is 26.4 Å². The Hall–Kier alpha value is -3.82. The molecule has 0 saturated carbocycles. The number of sulfonamides is 1. The third kappa shape index (κ3) is 6.69. The second-order valence-corrected chi connectivity index (χ2v) is 10.2. The smallest absolute Gasteiger partial charge is 0.326 e. The van der Waals surface area contributed by atoms with Crippen LogP contribution >= 0.6 is 11.6 Å². The molecule has 37 heavy (non-hydrogen) atoms. The van der Waals surface area contributed by atoms with E-state index in [2.05, 4.69) is 10.0 Å². The number of hydrogen-bond acceptors (Lipinski definition) is 3. The average molecular weight is 545 g/mol. The molecule has 2 N–H and O–H groups in total. The number of carbonyl (C=O) groups is 1. The van der Waals surface area contributed by atoms with Gasteiger partial charge in [-0.05, 0) is 59.2 Å². The molecule has 0 aliphatic carbocycles. The molecule has 5 nitrogen and oxygen atoms in total. The molecule has 0 spiro atoms. The Morgan fingerprint density at radius 3 is 2.00 bits per heavy atom. The summed E-state index contributed by atoms with van der Waals surface area (Å²) in [5, 5.41) is 2.16. The van der Waals surface area contributed by atoms with Crippen LogP contribution in [0.1, 0.15) is 11.1 Å². The quantitative estimate of drug-likeness (QED) is 0.263. The van der Waals surface area contributed by atoms with Crippen molar-refractivity contribution in [3.05, 3.63) is 113 Å². The highest BCUT2D eigenvalue weighted by Gasteiger charge is 2.33. The van der Waals surface area contributed by atoms with E-state index in [4.69, 9.17) is 11.6 Å². The molecule has 0 aliphatic rings. The molecular formula is C27H20ClF3N2O3S. The van der Waals surface area contributed by atoms with E-state index in [1.54, 1.807) is 0 Å². The molecule has 0 bridgehead atoms. The van der Waals surface area contributed by atoms with E-state index in [0.29, 0.717) is 11.8 Å². The molecule has 10 heteroatoms. The van der Waals surface area contributed by atoms with Gasteiger partial charge < -0.3 is 5.32 Å². The standard InChI is InChI=1S/C27H20ClF3N2O3S/c28-25-15-12-22(17-24(25)27(29,30)31)33-37(35,36)23-13-10-21(11-14-23)32-26(34)16-18-6-8-20(9-7-18)19-4-2-1-3-5-19/h1-15,17,33H,16H2,(H,32,34). The fraction of sp³-hybridized carbons (Fsp3) is 0.0741. The van der Waals surface area contributed by atoms with Gasteiger partial charge in [-0.15, -0.1) is 0 Å². The number of carbonyl (C=O) groups excluding carboxylic acids is 1. The van der Waals surface area contributed by atoms with Crippen molar-refractivity contribution in [3.63, 3.8) is 0 Å². The van der Waals surface area contributed by atoms with Gasteiger partial charge in [0.1, 0.15) is 0 Å². The minimum atomic E-state index is -4.73. The summed E-state index contributed by atoms with van der Waals surface area (Å²) in [4.78, 5) is 12.3. The third-order valence-corrected chi connectivity index (χ3v) is 7.12. The second kappa shape index (κ2) is 10.7. The Morgan fingerprint density at radius 1 is 0.784 bits per heavy atom. The summed E-state index contributed by atoms with van der Waals surface area (Å²) in [6, 6.07) is 25.4. The van der Waals surface area contributed by atoms with Crippen LogP contribution in [0.5, 0.6) is 0 Å². The zero-order valence-electron chi connectivity index (χ0n) is 19.1. The van der Waals surface area contributed by atoms with E-state index in [0.717, 1.165) is 28.8 Å². The minimum absolute atomic E-state index is 0.120. The van der Waals surface area contributed by atoms with Gasteiger partial charge in [0.2, 0.25) is 5.91 Å². The van der Waals surface area contributed by atoms with Crippen LogP contribution in [0.3, 0.4) is 0 Å². The Morgan fingerprint density at radius 2 is 1.38 bits per heavy atom. The van der Waals surface area contributed by atoms with Gasteiger partial charge in [0.25, 0.3) is 10.0 Å². The van der Waals surface area contributed by atoms with E-state index in [1.165, 1.54) is 24.3 Å². The van der Waals surface area contributed by atoms with Gasteiger partial charge in [0, 0.05) is 11.4 Å². The minimum Gasteiger partial charge on any atom is -0.326 e. The van der Waals surface area contributed by atoms with Crippen LogP contribution in [0, 0.1) is 0 Å². The van der Waals surface area contributed by atoms with Crippen LogP contribution in [-0.2, 0) is 27.4 Å². The van der Waals surface area contributed by atoms with E-state index < -0.39 is 26.8 Å². The van der Waals surface area contributed by atoms with E-state index >= 15 is 0 Å². The molecule has 0 unspecified atom stereocenters. The van der Waals surface area contributed by atoms with Gasteiger partial charge in [-0.1, -0.05) is 66.2 Å². The average Bonchev–Trinajstić information content (AvgIpc) is 2.86. The highest BCUT2D eigenvalue weighted by atomic mass is 35.5. The molecule has 0 aliphatic heterocycles. The lowest BCUT2D eigenvalue weighted by molar-refractivity contribution is -0.137. The number of benzene rings is 4. The fourth-order valence-electron chi connectivity index (χ4n) is 3.57. The molecule has 0 aromatic heterocycles. The SMILES string of the molecule is O=C(Cc1ccc(-c2ccccc2)cc1)Nc1ccc(S(=O)(=O)Nc2ccc(Cl)c(C(F)(F)F)c2)cc1. The second-order valence-electron chi connectivity index (χ2n) is 8.11. The largest absolute Gasteiger partial charge is 0.417 e. The topological polar surface area (TPSA) is 75.3 Å². The first-order valence-electron chi connectivity index (χ1n) is 11.0. The number of halogens is 4. The van der Waals surface area contributed by atoms with Gasteiger partial charge in [0.15, 0.2) is 0 Å². The Bertz CT molecular complexity index is 1510. The Labute approximate surface area is 217 Å². The van der Waals surface area contributed by atoms with Crippen LogP contribution in [0.15, 0.2) is 102 Å². The monoisotopic (exact) mass is 544 g/mol. The number of hydrogen-bond donors (Lipinski definition) is 2. The van der Waals surface area contributed by atoms with E-state index in [1.807, 2.05) is 54.6 Å². The Kier molecular flexibility index (Phi) is 7.56. The van der Waals surface area contributed by atoms with Crippen molar-refractivity contribution in [1.82, 2.24) is 0 Å². The normalized spacial score (nSPS) is 11.7. The summed E-state index contributed by atoms with van der Waals surface area (Å²) < 4.78 is 66.6. The molecular weight excluding hydrogens is 525 g/mol. The first-order chi connectivity index (χ1) is 17.5. The first kappa shape index (κ1) is 26.2. The molecule has 4 aromatic rings. The maximum atomic E-state index is 13.1. The summed E-state index contributed by atoms with van der Waals surface area (Å²) >= 11 is 5.58. The lowest BCUT2D eigenvalue weighted by atomic mass is 10.0. The number of rotatable bonds is 7. The summed E-state index contributed by atoms with van der Waals surface area (Å²) in [5.41, 5.74) is 1.84. The van der Waals surface area contributed by atoms with Gasteiger partial charge in [-0.3, -0.25) is 9.52 Å². The predicted octanol–water partition coefficient (Wildman–Crippen LogP) is 7.01. The van der Waals surface area contributed by atoms with Crippen molar-refractivity contribution in [1.29, 1.82) is 0 Å². The lowest BCUT2D eigenvalue weighted by Crippen LogP contribution is -2.16. The highest BCUT2D eigenvalue weighted by molar-refractivity contribution is 7.92. The van der Waals surface area contributed by atoms with Crippen LogP contribution in [-0.4, -0.2) is 14.3 Å². The summed E-state index contributed by atoms with van der Waals surface area (Å²) in [6.45, 7) is 0. The van der Waals surface area contributed by atoms with Crippen molar-refractivity contribution in [2.75, 3.05) is 10.0 Å². The number of anilines is 2. The third-order valence-electron chi connectivity index (χ3n) is 5.40. The molecule has 0 saturated heterocycles. The maximum Gasteiger partial charge on any atom is 0.417 e. The number of nitrogens with one attached hydrogen (secondary N) is 2. The molecule has 0 atom stereocenters. The molecule has 4 aromatic carbocycles. The molecule has 4 rings (SSSR count). The van der Waals surface area contributed by atoms with Crippen molar-refractivity contribution >= 4 is 38.9 Å². The van der Waals surface area contributed by atoms with Crippen molar-refractivity contribution in [3.8, 4) is 11.1 Å². The van der Waals surface area contributed by atoms with Gasteiger partial charge in [-0.25, -0.2) is 8.42 Å². The van der Waals surface area contributed by atoms with E-state index in [-0.39, 0.29) is 22.9 Å². The highest BCUT2D eigenvalue weighted by Crippen LogP contribution is 2.36. The zero-order valence-corrected chi connectivity index (χ0v) is 20.7. The summed E-state index contributed by atoms with van der Waals surface area (Å²) in [7, 11) is -4.18. The molecule has 190 valence electrons. The Balaban J connectivity index is 1.39. The van der Waals surface area contributed by atoms with Crippen molar-refractivity contribution in [2.24, 2.45) is 0 Å². The van der Waals surface area contributed by atoms with E-state index in [9.17, 15) is 26.4 Å². The summed E-state index contributed by atoms with van der Waals surface area (Å²) in [6.07, 6.45) is -4.61. The first-order valence-corrected chi connectivity index (χ1v) is 12.8. The van der Waals surface area contributed by atoms with Crippen LogP contribution < -0.4 is 10.0 Å².